The summed E-state index contributed by atoms with van der Waals surface area (Å²) in [6.45, 7) is 0. The molecule has 6 heteroatoms. The summed E-state index contributed by atoms with van der Waals surface area (Å²) in [6, 6.07) is 13.6. The Morgan fingerprint density at radius 1 is 0.567 bits per heavy atom. The van der Waals surface area contributed by atoms with Gasteiger partial charge in [0.25, 0.3) is 0 Å². The number of amides is 2. The van der Waals surface area contributed by atoms with Crippen molar-refractivity contribution in [3.05, 3.63) is 59.7 Å². The molecule has 0 aliphatic rings. The normalized spacial score (nSPS) is 10.3. The van der Waals surface area contributed by atoms with E-state index in [0.29, 0.717) is 35.3 Å². The summed E-state index contributed by atoms with van der Waals surface area (Å²) in [4.78, 5) is 45.1. The van der Waals surface area contributed by atoms with Gasteiger partial charge in [-0.15, -0.1) is 0 Å². The first-order valence-corrected chi connectivity index (χ1v) is 10.3. The van der Waals surface area contributed by atoms with E-state index in [1.807, 2.05) is 0 Å². The molecule has 0 bridgehead atoms. The highest BCUT2D eigenvalue weighted by atomic mass is 16.2. The first-order valence-electron chi connectivity index (χ1n) is 10.3. The molecule has 0 saturated heterocycles. The molecular weight excluding hydrogens is 380 g/mol. The standard InChI is InChI=1S/C24H28N2O4/c27-17-19-9-13-21(14-10-19)25-23(29)7-5-3-1-2-4-6-8-24(30)26-22-15-11-20(18-28)12-16-22/h9-18H,1-8H2,(H,25,29)(H,26,30). The van der Waals surface area contributed by atoms with Gasteiger partial charge in [-0.2, -0.15) is 0 Å². The summed E-state index contributed by atoms with van der Waals surface area (Å²) in [5, 5.41) is 5.65. The lowest BCUT2D eigenvalue weighted by atomic mass is 10.1. The molecular formula is C24H28N2O4. The Bertz CT molecular complexity index is 758. The summed E-state index contributed by atoms with van der Waals surface area (Å²) in [5.41, 5.74) is 2.56. The molecule has 0 saturated carbocycles. The zero-order valence-electron chi connectivity index (χ0n) is 17.1. The Balaban J connectivity index is 1.48. The monoisotopic (exact) mass is 408 g/mol. The van der Waals surface area contributed by atoms with Crippen molar-refractivity contribution in [3.63, 3.8) is 0 Å². The van der Waals surface area contributed by atoms with Crippen LogP contribution in [0.15, 0.2) is 48.5 Å². The van der Waals surface area contributed by atoms with E-state index in [0.717, 1.165) is 51.1 Å². The van der Waals surface area contributed by atoms with E-state index >= 15 is 0 Å². The molecule has 2 aromatic rings. The second kappa shape index (κ2) is 13.0. The highest BCUT2D eigenvalue weighted by molar-refractivity contribution is 5.91. The Hall–Kier alpha value is -3.28. The first-order chi connectivity index (χ1) is 14.6. The van der Waals surface area contributed by atoms with Crippen LogP contribution in [0.1, 0.15) is 72.1 Å². The summed E-state index contributed by atoms with van der Waals surface area (Å²) < 4.78 is 0. The Morgan fingerprint density at radius 3 is 1.23 bits per heavy atom. The van der Waals surface area contributed by atoms with Crippen molar-refractivity contribution >= 4 is 35.8 Å². The van der Waals surface area contributed by atoms with Gasteiger partial charge >= 0.3 is 0 Å². The van der Waals surface area contributed by atoms with E-state index in [4.69, 9.17) is 0 Å². The number of nitrogens with one attached hydrogen (secondary N) is 2. The highest BCUT2D eigenvalue weighted by Crippen LogP contribution is 2.13. The Labute approximate surface area is 177 Å². The van der Waals surface area contributed by atoms with Crippen molar-refractivity contribution in [1.82, 2.24) is 0 Å². The number of unbranched alkanes of at least 4 members (excludes halogenated alkanes) is 5. The molecule has 0 aromatic heterocycles. The quantitative estimate of drug-likeness (QED) is 0.360. The van der Waals surface area contributed by atoms with Crippen LogP contribution < -0.4 is 10.6 Å². The molecule has 0 unspecified atom stereocenters. The molecule has 2 aromatic carbocycles. The molecule has 6 nitrogen and oxygen atoms in total. The maximum atomic E-state index is 11.9. The number of benzene rings is 2. The smallest absolute Gasteiger partial charge is 0.224 e. The van der Waals surface area contributed by atoms with Gasteiger partial charge in [0.15, 0.2) is 0 Å². The number of hydrogen-bond donors (Lipinski definition) is 2. The minimum atomic E-state index is -0.0216. The Morgan fingerprint density at radius 2 is 0.900 bits per heavy atom. The topological polar surface area (TPSA) is 92.3 Å². The lowest BCUT2D eigenvalue weighted by Gasteiger charge is -2.06. The molecule has 2 rings (SSSR count). The lowest BCUT2D eigenvalue weighted by molar-refractivity contribution is -0.117. The molecule has 0 aliphatic carbocycles. The predicted molar refractivity (Wildman–Crippen MR) is 118 cm³/mol. The number of hydrogen-bond acceptors (Lipinski definition) is 4. The third-order valence-electron chi connectivity index (χ3n) is 4.72. The minimum absolute atomic E-state index is 0.0216. The van der Waals surface area contributed by atoms with Gasteiger partial charge in [-0.1, -0.05) is 25.7 Å². The number of carbonyl (C=O) groups is 4. The van der Waals surface area contributed by atoms with Crippen molar-refractivity contribution < 1.29 is 19.2 Å². The van der Waals surface area contributed by atoms with Crippen LogP contribution in [0, 0.1) is 0 Å². The minimum Gasteiger partial charge on any atom is -0.326 e. The number of carbonyl (C=O) groups excluding carboxylic acids is 4. The van der Waals surface area contributed by atoms with Gasteiger partial charge in [-0.05, 0) is 61.4 Å². The second-order valence-electron chi connectivity index (χ2n) is 7.20. The molecule has 0 aliphatic heterocycles. The van der Waals surface area contributed by atoms with Crippen LogP contribution in [0.3, 0.4) is 0 Å². The van der Waals surface area contributed by atoms with E-state index in [9.17, 15) is 19.2 Å². The molecule has 0 atom stereocenters. The molecule has 0 heterocycles. The fourth-order valence-electron chi connectivity index (χ4n) is 3.02. The second-order valence-corrected chi connectivity index (χ2v) is 7.20. The zero-order valence-corrected chi connectivity index (χ0v) is 17.1. The van der Waals surface area contributed by atoms with Crippen LogP contribution in [0.2, 0.25) is 0 Å². The molecule has 0 radical (unpaired) electrons. The van der Waals surface area contributed by atoms with Gasteiger partial charge in [-0.25, -0.2) is 0 Å². The number of rotatable bonds is 13. The van der Waals surface area contributed by atoms with Crippen molar-refractivity contribution in [2.24, 2.45) is 0 Å². The number of anilines is 2. The predicted octanol–water partition coefficient (Wildman–Crippen LogP) is 5.01. The van der Waals surface area contributed by atoms with E-state index < -0.39 is 0 Å². The van der Waals surface area contributed by atoms with Crippen molar-refractivity contribution in [2.45, 2.75) is 51.4 Å². The molecule has 2 N–H and O–H groups in total. The Kier molecular flexibility index (Phi) is 10.00. The van der Waals surface area contributed by atoms with Gasteiger partial charge in [0, 0.05) is 35.3 Å². The highest BCUT2D eigenvalue weighted by Gasteiger charge is 2.04. The average Bonchev–Trinajstić information content (AvgIpc) is 2.76. The van der Waals surface area contributed by atoms with Gasteiger partial charge < -0.3 is 10.6 Å². The van der Waals surface area contributed by atoms with Crippen LogP contribution in [0.4, 0.5) is 11.4 Å². The van der Waals surface area contributed by atoms with Crippen molar-refractivity contribution in [3.8, 4) is 0 Å². The van der Waals surface area contributed by atoms with E-state index in [1.54, 1.807) is 48.5 Å². The van der Waals surface area contributed by atoms with Gasteiger partial charge in [0.1, 0.15) is 12.6 Å². The third kappa shape index (κ3) is 8.82. The van der Waals surface area contributed by atoms with E-state index in [-0.39, 0.29) is 11.8 Å². The van der Waals surface area contributed by atoms with Crippen molar-refractivity contribution in [1.29, 1.82) is 0 Å². The molecule has 0 spiro atoms. The van der Waals surface area contributed by atoms with Crippen LogP contribution in [0.5, 0.6) is 0 Å². The summed E-state index contributed by atoms with van der Waals surface area (Å²) in [5.74, 6) is -0.0431. The molecule has 30 heavy (non-hydrogen) atoms. The molecule has 158 valence electrons. The van der Waals surface area contributed by atoms with E-state index in [1.165, 1.54) is 0 Å². The van der Waals surface area contributed by atoms with Crippen molar-refractivity contribution in [2.75, 3.05) is 10.6 Å². The maximum Gasteiger partial charge on any atom is 0.224 e. The van der Waals surface area contributed by atoms with Crippen LogP contribution in [-0.4, -0.2) is 24.4 Å². The number of aldehydes is 2. The summed E-state index contributed by atoms with van der Waals surface area (Å²) in [7, 11) is 0. The largest absolute Gasteiger partial charge is 0.326 e. The molecule has 0 fully saturated rings. The lowest BCUT2D eigenvalue weighted by Crippen LogP contribution is -2.11. The SMILES string of the molecule is O=Cc1ccc(NC(=O)CCCCCCCCC(=O)Nc2ccc(C=O)cc2)cc1. The van der Waals surface area contributed by atoms with Crippen LogP contribution >= 0.6 is 0 Å². The molecule has 2 amide bonds. The van der Waals surface area contributed by atoms with Crippen LogP contribution in [0.25, 0.3) is 0 Å². The maximum absolute atomic E-state index is 11.9. The van der Waals surface area contributed by atoms with Gasteiger partial charge in [-0.3, -0.25) is 19.2 Å². The third-order valence-corrected chi connectivity index (χ3v) is 4.72. The van der Waals surface area contributed by atoms with Gasteiger partial charge in [0.2, 0.25) is 11.8 Å². The average molecular weight is 408 g/mol. The summed E-state index contributed by atoms with van der Waals surface area (Å²) >= 11 is 0. The van der Waals surface area contributed by atoms with Crippen LogP contribution in [-0.2, 0) is 9.59 Å². The fraction of sp³-hybridized carbons (Fsp3) is 0.333. The van der Waals surface area contributed by atoms with Gasteiger partial charge in [0.05, 0.1) is 0 Å². The first kappa shape index (κ1) is 23.0. The summed E-state index contributed by atoms with van der Waals surface area (Å²) in [6.07, 6.45) is 8.18. The van der Waals surface area contributed by atoms with E-state index in [2.05, 4.69) is 10.6 Å². The zero-order chi connectivity index (χ0) is 21.6. The fourth-order valence-corrected chi connectivity index (χ4v) is 3.02.